The number of ether oxygens (including phenoxy) is 3. The topological polar surface area (TPSA) is 82.2 Å². The Balaban J connectivity index is 1.71. The summed E-state index contributed by atoms with van der Waals surface area (Å²) < 4.78 is 19.0. The molecule has 0 bridgehead atoms. The van der Waals surface area contributed by atoms with Crippen molar-refractivity contribution >= 4 is 40.0 Å². The molecule has 1 fully saturated rings. The van der Waals surface area contributed by atoms with Gasteiger partial charge in [-0.3, -0.25) is 10.4 Å². The van der Waals surface area contributed by atoms with E-state index < -0.39 is 6.10 Å². The molecule has 1 aliphatic rings. The van der Waals surface area contributed by atoms with Crippen molar-refractivity contribution in [1.82, 2.24) is 14.8 Å². The molecule has 3 aromatic rings. The average Bonchev–Trinajstić information content (AvgIpc) is 3.12. The number of methoxy groups -OCH3 is 1. The van der Waals surface area contributed by atoms with Gasteiger partial charge in [0.2, 0.25) is 5.90 Å². The highest BCUT2D eigenvalue weighted by Crippen LogP contribution is 2.35. The Morgan fingerprint density at radius 3 is 2.70 bits per heavy atom. The van der Waals surface area contributed by atoms with Crippen molar-refractivity contribution in [3.63, 3.8) is 0 Å². The van der Waals surface area contributed by atoms with Crippen LogP contribution in [0.25, 0.3) is 10.9 Å². The molecule has 0 radical (unpaired) electrons. The van der Waals surface area contributed by atoms with Gasteiger partial charge in [-0.1, -0.05) is 23.2 Å². The quantitative estimate of drug-likeness (QED) is 0.408. The minimum Gasteiger partial charge on any atom is -0.486 e. The lowest BCUT2D eigenvalue weighted by Crippen LogP contribution is -2.19. The van der Waals surface area contributed by atoms with Crippen LogP contribution in [0.15, 0.2) is 30.6 Å². The van der Waals surface area contributed by atoms with Gasteiger partial charge in [0.25, 0.3) is 0 Å². The molecule has 3 heterocycles. The molecule has 1 N–H and O–H groups in total. The van der Waals surface area contributed by atoms with Crippen molar-refractivity contribution in [2.75, 3.05) is 13.7 Å². The molecule has 4 rings (SSSR count). The van der Waals surface area contributed by atoms with Gasteiger partial charge in [-0.15, -0.1) is 0 Å². The highest BCUT2D eigenvalue weighted by molar-refractivity contribution is 6.35. The summed E-state index contributed by atoms with van der Waals surface area (Å²) in [6.07, 6.45) is 5.54. The monoisotopic (exact) mass is 448 g/mol. The fourth-order valence-electron chi connectivity index (χ4n) is 3.67. The Morgan fingerprint density at radius 1 is 1.27 bits per heavy atom. The third-order valence-corrected chi connectivity index (χ3v) is 5.74. The first kappa shape index (κ1) is 20.9. The van der Waals surface area contributed by atoms with Gasteiger partial charge >= 0.3 is 0 Å². The number of nitrogens with one attached hydrogen (secondary N) is 1. The van der Waals surface area contributed by atoms with Crippen LogP contribution in [0.4, 0.5) is 0 Å². The van der Waals surface area contributed by atoms with Crippen LogP contribution in [0, 0.1) is 5.41 Å². The first-order chi connectivity index (χ1) is 14.5. The third-order valence-electron chi connectivity index (χ3n) is 5.14. The van der Waals surface area contributed by atoms with E-state index in [2.05, 4.69) is 10.1 Å². The first-order valence-electron chi connectivity index (χ1n) is 9.72. The fraction of sp³-hybridized carbons (Fsp3) is 0.381. The second-order valence-electron chi connectivity index (χ2n) is 7.10. The summed E-state index contributed by atoms with van der Waals surface area (Å²) in [5, 5.41) is 14.4. The summed E-state index contributed by atoms with van der Waals surface area (Å²) >= 11 is 12.5. The summed E-state index contributed by atoms with van der Waals surface area (Å²) in [4.78, 5) is 3.98. The number of rotatable bonds is 5. The molecule has 1 aliphatic heterocycles. The van der Waals surface area contributed by atoms with Crippen LogP contribution in [0.1, 0.15) is 49.8 Å². The number of benzene rings is 1. The lowest BCUT2D eigenvalue weighted by Gasteiger charge is -2.23. The number of hydrogen-bond donors (Lipinski definition) is 1. The molecule has 0 saturated carbocycles. The molecule has 2 atom stereocenters. The summed E-state index contributed by atoms with van der Waals surface area (Å²) in [5.74, 6) is 0.591. The number of hydrogen-bond acceptors (Lipinski definition) is 6. The molecule has 7 nitrogen and oxygen atoms in total. The van der Waals surface area contributed by atoms with Gasteiger partial charge < -0.3 is 14.2 Å². The van der Waals surface area contributed by atoms with Crippen molar-refractivity contribution in [2.24, 2.45) is 0 Å². The Bertz CT molecular complexity index is 1060. The average molecular weight is 449 g/mol. The minimum atomic E-state index is -0.396. The molecule has 0 aliphatic carbocycles. The third kappa shape index (κ3) is 3.97. The number of nitrogens with zero attached hydrogens (tertiary/aromatic N) is 3. The number of aromatic nitrogens is 3. The zero-order chi connectivity index (χ0) is 21.3. The van der Waals surface area contributed by atoms with Crippen molar-refractivity contribution in [1.29, 1.82) is 5.41 Å². The van der Waals surface area contributed by atoms with E-state index in [9.17, 15) is 0 Å². The van der Waals surface area contributed by atoms with Crippen molar-refractivity contribution in [2.45, 2.75) is 38.5 Å². The van der Waals surface area contributed by atoms with Gasteiger partial charge in [-0.05, 0) is 44.4 Å². The minimum absolute atomic E-state index is 0.0139. The van der Waals surface area contributed by atoms with Gasteiger partial charge in [0.1, 0.15) is 11.9 Å². The molecule has 30 heavy (non-hydrogen) atoms. The molecule has 158 valence electrons. The van der Waals surface area contributed by atoms with Crippen LogP contribution in [0.3, 0.4) is 0 Å². The van der Waals surface area contributed by atoms with Crippen LogP contribution in [-0.4, -0.2) is 34.4 Å². The van der Waals surface area contributed by atoms with E-state index >= 15 is 0 Å². The number of fused-ring (bicyclic) bond motifs is 1. The van der Waals surface area contributed by atoms with Crippen LogP contribution in [0.2, 0.25) is 10.0 Å². The Hall–Kier alpha value is -2.35. The fourth-order valence-corrected chi connectivity index (χ4v) is 4.34. The second kappa shape index (κ2) is 8.79. The molecule has 1 saturated heterocycles. The number of halogens is 2. The van der Waals surface area contributed by atoms with Crippen molar-refractivity contribution in [3.05, 3.63) is 51.9 Å². The Labute approximate surface area is 184 Å². The van der Waals surface area contributed by atoms with Gasteiger partial charge in [0.05, 0.1) is 22.7 Å². The highest BCUT2D eigenvalue weighted by atomic mass is 35.5. The van der Waals surface area contributed by atoms with E-state index in [1.54, 1.807) is 0 Å². The molecule has 0 spiro atoms. The maximum atomic E-state index is 8.17. The second-order valence-corrected chi connectivity index (χ2v) is 7.92. The summed E-state index contributed by atoms with van der Waals surface area (Å²) in [5.41, 5.74) is 1.98. The summed E-state index contributed by atoms with van der Waals surface area (Å²) in [6.45, 7) is 2.57. The molecule has 0 amide bonds. The van der Waals surface area contributed by atoms with Crippen molar-refractivity contribution < 1.29 is 14.2 Å². The maximum absolute atomic E-state index is 8.17. The van der Waals surface area contributed by atoms with Crippen LogP contribution in [-0.2, 0) is 9.47 Å². The van der Waals surface area contributed by atoms with Crippen LogP contribution < -0.4 is 4.74 Å². The Kier molecular flexibility index (Phi) is 6.13. The van der Waals surface area contributed by atoms with Gasteiger partial charge in [0.15, 0.2) is 11.9 Å². The Morgan fingerprint density at radius 2 is 2.03 bits per heavy atom. The molecule has 2 unspecified atom stereocenters. The first-order valence-corrected chi connectivity index (χ1v) is 10.5. The van der Waals surface area contributed by atoms with E-state index in [-0.39, 0.29) is 12.1 Å². The standard InChI is InChI=1S/C21H22Cl2N4O3/c1-12(19-15(22)10-25-11-16(19)23)30-13-6-7-17-14(9-13)20(21(24)28-2)26-27(17)18-5-3-4-8-29-18/h6-7,9-12,18,24H,3-5,8H2,1-2H3. The van der Waals surface area contributed by atoms with Gasteiger partial charge in [-0.2, -0.15) is 5.10 Å². The van der Waals surface area contributed by atoms with E-state index in [1.165, 1.54) is 19.5 Å². The van der Waals surface area contributed by atoms with E-state index in [1.807, 2.05) is 29.8 Å². The lowest BCUT2D eigenvalue weighted by molar-refractivity contribution is -0.0367. The number of pyridine rings is 1. The van der Waals surface area contributed by atoms with Crippen LogP contribution in [0.5, 0.6) is 5.75 Å². The zero-order valence-electron chi connectivity index (χ0n) is 16.7. The zero-order valence-corrected chi connectivity index (χ0v) is 18.2. The van der Waals surface area contributed by atoms with E-state index in [4.69, 9.17) is 42.8 Å². The normalized spacial score (nSPS) is 17.7. The predicted octanol–water partition coefficient (Wildman–Crippen LogP) is 5.55. The van der Waals surface area contributed by atoms with Gasteiger partial charge in [0, 0.05) is 30.0 Å². The van der Waals surface area contributed by atoms with Crippen molar-refractivity contribution in [3.8, 4) is 5.75 Å². The SMILES string of the molecule is COC(=N)c1nn(C2CCCCO2)c2ccc(OC(C)c3c(Cl)cncc3Cl)cc12. The predicted molar refractivity (Wildman–Crippen MR) is 116 cm³/mol. The summed E-state index contributed by atoms with van der Waals surface area (Å²) in [6, 6.07) is 5.64. The molecule has 1 aromatic carbocycles. The highest BCUT2D eigenvalue weighted by Gasteiger charge is 2.24. The largest absolute Gasteiger partial charge is 0.486 e. The van der Waals surface area contributed by atoms with Gasteiger partial charge in [-0.25, -0.2) is 4.68 Å². The smallest absolute Gasteiger partial charge is 0.234 e. The molecular formula is C21H22Cl2N4O3. The maximum Gasteiger partial charge on any atom is 0.234 e. The van der Waals surface area contributed by atoms with Crippen LogP contribution >= 0.6 is 23.2 Å². The molecule has 9 heteroatoms. The lowest BCUT2D eigenvalue weighted by atomic mass is 10.1. The molecular weight excluding hydrogens is 427 g/mol. The van der Waals surface area contributed by atoms with E-state index in [0.717, 1.165) is 30.2 Å². The molecule has 2 aromatic heterocycles. The summed E-state index contributed by atoms with van der Waals surface area (Å²) in [7, 11) is 1.46. The van der Waals surface area contributed by atoms with E-state index in [0.29, 0.717) is 33.7 Å².